The first kappa shape index (κ1) is 26.9. The fraction of sp³-hybridized carbons (Fsp3) is 0.259. The predicted molar refractivity (Wildman–Crippen MR) is 138 cm³/mol. The number of ether oxygens (including phenoxy) is 1. The van der Waals surface area contributed by atoms with E-state index in [-0.39, 0.29) is 19.0 Å². The Bertz CT molecular complexity index is 1250. The monoisotopic (exact) mass is 509 g/mol. The molecule has 3 aromatic rings. The molecule has 0 heterocycles. The number of nitrogens with zero attached hydrogens (tertiary/aromatic N) is 2. The molecule has 8 nitrogen and oxygen atoms in total. The van der Waals surface area contributed by atoms with Gasteiger partial charge in [0.2, 0.25) is 21.8 Å². The molecular weight excluding hydrogens is 478 g/mol. The van der Waals surface area contributed by atoms with E-state index >= 15 is 0 Å². The highest BCUT2D eigenvalue weighted by Crippen LogP contribution is 2.25. The number of sulfonamides is 1. The quantitative estimate of drug-likeness (QED) is 0.429. The number of amides is 2. The lowest BCUT2D eigenvalue weighted by Crippen LogP contribution is -2.47. The number of benzene rings is 3. The van der Waals surface area contributed by atoms with Crippen LogP contribution < -0.4 is 10.1 Å². The van der Waals surface area contributed by atoms with E-state index in [4.69, 9.17) is 4.74 Å². The molecule has 2 amide bonds. The molecule has 0 saturated carbocycles. The molecule has 0 spiro atoms. The SMILES string of the molecule is COc1ccc(CN(C(=O)CN(C)S(C)(=O)=O)[C@H](C(=O)NCc2ccccc2)c2ccccc2)cc1. The molecule has 0 aliphatic heterocycles. The predicted octanol–water partition coefficient (Wildman–Crippen LogP) is 2.97. The molecule has 0 aliphatic rings. The second-order valence-electron chi connectivity index (χ2n) is 8.41. The van der Waals surface area contributed by atoms with Crippen LogP contribution in [-0.4, -0.2) is 56.4 Å². The number of hydrogen-bond donors (Lipinski definition) is 1. The van der Waals surface area contributed by atoms with Crippen LogP contribution in [0.5, 0.6) is 5.75 Å². The summed E-state index contributed by atoms with van der Waals surface area (Å²) in [7, 11) is -0.698. The fourth-order valence-corrected chi connectivity index (χ4v) is 3.98. The zero-order valence-electron chi connectivity index (χ0n) is 20.6. The van der Waals surface area contributed by atoms with Crippen molar-refractivity contribution in [3.8, 4) is 5.75 Å². The van der Waals surface area contributed by atoms with Gasteiger partial charge in [0.05, 0.1) is 19.9 Å². The molecule has 0 radical (unpaired) electrons. The van der Waals surface area contributed by atoms with Gasteiger partial charge in [0.1, 0.15) is 11.8 Å². The van der Waals surface area contributed by atoms with E-state index in [2.05, 4.69) is 5.32 Å². The van der Waals surface area contributed by atoms with Crippen molar-refractivity contribution in [3.05, 3.63) is 102 Å². The van der Waals surface area contributed by atoms with Crippen LogP contribution in [0, 0.1) is 0 Å². The highest BCUT2D eigenvalue weighted by atomic mass is 32.2. The van der Waals surface area contributed by atoms with Gasteiger partial charge < -0.3 is 15.0 Å². The van der Waals surface area contributed by atoms with Gasteiger partial charge in [-0.25, -0.2) is 8.42 Å². The lowest BCUT2D eigenvalue weighted by Gasteiger charge is -2.32. The Morgan fingerprint density at radius 3 is 2.03 bits per heavy atom. The van der Waals surface area contributed by atoms with E-state index in [1.807, 2.05) is 48.5 Å². The first-order valence-corrected chi connectivity index (χ1v) is 13.2. The fourth-order valence-electron chi connectivity index (χ4n) is 3.64. The van der Waals surface area contributed by atoms with Crippen molar-refractivity contribution in [2.24, 2.45) is 0 Å². The van der Waals surface area contributed by atoms with Crippen molar-refractivity contribution in [2.75, 3.05) is 27.0 Å². The third-order valence-corrected chi connectivity index (χ3v) is 7.00. The van der Waals surface area contributed by atoms with E-state index in [0.29, 0.717) is 11.3 Å². The van der Waals surface area contributed by atoms with Crippen molar-refractivity contribution in [1.82, 2.24) is 14.5 Å². The Kier molecular flexibility index (Phi) is 9.21. The molecule has 190 valence electrons. The van der Waals surface area contributed by atoms with Gasteiger partial charge in [0.15, 0.2) is 0 Å². The van der Waals surface area contributed by atoms with Crippen LogP contribution in [0.2, 0.25) is 0 Å². The molecule has 0 aliphatic carbocycles. The Balaban J connectivity index is 1.97. The number of likely N-dealkylation sites (N-methyl/N-ethyl adjacent to an activating group) is 1. The first-order chi connectivity index (χ1) is 17.2. The Hall–Kier alpha value is -3.69. The summed E-state index contributed by atoms with van der Waals surface area (Å²) in [4.78, 5) is 28.5. The molecule has 0 unspecified atom stereocenters. The van der Waals surface area contributed by atoms with Gasteiger partial charge in [-0.2, -0.15) is 4.31 Å². The van der Waals surface area contributed by atoms with Crippen molar-refractivity contribution >= 4 is 21.8 Å². The molecule has 1 atom stereocenters. The second-order valence-corrected chi connectivity index (χ2v) is 10.5. The molecule has 3 aromatic carbocycles. The molecule has 3 rings (SSSR count). The van der Waals surface area contributed by atoms with E-state index in [9.17, 15) is 18.0 Å². The zero-order chi connectivity index (χ0) is 26.1. The number of carbonyl (C=O) groups is 2. The molecule has 0 aromatic heterocycles. The van der Waals surface area contributed by atoms with Crippen LogP contribution in [0.1, 0.15) is 22.7 Å². The van der Waals surface area contributed by atoms with Crippen LogP contribution in [0.4, 0.5) is 0 Å². The second kappa shape index (κ2) is 12.3. The van der Waals surface area contributed by atoms with Crippen LogP contribution in [-0.2, 0) is 32.7 Å². The number of hydrogen-bond acceptors (Lipinski definition) is 5. The molecular formula is C27H31N3O5S. The molecule has 0 bridgehead atoms. The van der Waals surface area contributed by atoms with E-state index in [0.717, 1.165) is 21.7 Å². The minimum Gasteiger partial charge on any atom is -0.497 e. The zero-order valence-corrected chi connectivity index (χ0v) is 21.4. The summed E-state index contributed by atoms with van der Waals surface area (Å²) in [5.41, 5.74) is 2.30. The third kappa shape index (κ3) is 7.40. The van der Waals surface area contributed by atoms with Gasteiger partial charge in [0.25, 0.3) is 0 Å². The topological polar surface area (TPSA) is 96.0 Å². The summed E-state index contributed by atoms with van der Waals surface area (Å²) in [6, 6.07) is 24.6. The average Bonchev–Trinajstić information content (AvgIpc) is 2.88. The number of nitrogens with one attached hydrogen (secondary N) is 1. The average molecular weight is 510 g/mol. The highest BCUT2D eigenvalue weighted by molar-refractivity contribution is 7.88. The molecule has 0 fully saturated rings. The minimum atomic E-state index is -3.60. The van der Waals surface area contributed by atoms with Crippen LogP contribution >= 0.6 is 0 Å². The highest BCUT2D eigenvalue weighted by Gasteiger charge is 2.32. The maximum Gasteiger partial charge on any atom is 0.247 e. The van der Waals surface area contributed by atoms with E-state index < -0.39 is 28.5 Å². The standard InChI is InChI=1S/C27H31N3O5S/c1-29(36(3,33)34)20-25(31)30(19-22-14-16-24(35-2)17-15-22)26(23-12-8-5-9-13-23)27(32)28-18-21-10-6-4-7-11-21/h4-17,26H,18-20H2,1-3H3,(H,28,32)/t26-/m0/s1. The first-order valence-electron chi connectivity index (χ1n) is 11.4. The summed E-state index contributed by atoms with van der Waals surface area (Å²) < 4.78 is 30.2. The van der Waals surface area contributed by atoms with E-state index in [1.54, 1.807) is 43.5 Å². The molecule has 1 N–H and O–H groups in total. The summed E-state index contributed by atoms with van der Waals surface area (Å²) in [6.45, 7) is -0.0140. The summed E-state index contributed by atoms with van der Waals surface area (Å²) in [5, 5.41) is 2.94. The van der Waals surface area contributed by atoms with Gasteiger partial charge >= 0.3 is 0 Å². The normalized spacial score (nSPS) is 12.1. The van der Waals surface area contributed by atoms with Crippen LogP contribution in [0.15, 0.2) is 84.9 Å². The molecule has 9 heteroatoms. The summed E-state index contributed by atoms with van der Waals surface area (Å²) >= 11 is 0. The van der Waals surface area contributed by atoms with Crippen molar-refractivity contribution in [1.29, 1.82) is 0 Å². The van der Waals surface area contributed by atoms with E-state index in [1.165, 1.54) is 11.9 Å². The Labute approximate surface area is 212 Å². The van der Waals surface area contributed by atoms with Gasteiger partial charge in [-0.3, -0.25) is 9.59 Å². The molecule has 0 saturated heterocycles. The summed E-state index contributed by atoms with van der Waals surface area (Å²) in [5.74, 6) is -0.204. The van der Waals surface area contributed by atoms with Crippen molar-refractivity contribution < 1.29 is 22.7 Å². The van der Waals surface area contributed by atoms with Crippen LogP contribution in [0.3, 0.4) is 0 Å². The number of methoxy groups -OCH3 is 1. The van der Waals surface area contributed by atoms with Crippen LogP contribution in [0.25, 0.3) is 0 Å². The maximum atomic E-state index is 13.6. The minimum absolute atomic E-state index is 0.0960. The number of rotatable bonds is 11. The van der Waals surface area contributed by atoms with Gasteiger partial charge in [0, 0.05) is 20.1 Å². The maximum absolute atomic E-state index is 13.6. The third-order valence-electron chi connectivity index (χ3n) is 5.74. The number of carbonyl (C=O) groups excluding carboxylic acids is 2. The lowest BCUT2D eigenvalue weighted by molar-refractivity contribution is -0.141. The van der Waals surface area contributed by atoms with Crippen molar-refractivity contribution in [3.63, 3.8) is 0 Å². The van der Waals surface area contributed by atoms with Gasteiger partial charge in [-0.1, -0.05) is 72.8 Å². The Morgan fingerprint density at radius 2 is 1.47 bits per heavy atom. The smallest absolute Gasteiger partial charge is 0.247 e. The van der Waals surface area contributed by atoms with Crippen molar-refractivity contribution in [2.45, 2.75) is 19.1 Å². The van der Waals surface area contributed by atoms with Gasteiger partial charge in [-0.05, 0) is 28.8 Å². The lowest BCUT2D eigenvalue weighted by atomic mass is 10.0. The largest absolute Gasteiger partial charge is 0.497 e. The Morgan fingerprint density at radius 1 is 0.889 bits per heavy atom. The molecule has 36 heavy (non-hydrogen) atoms. The summed E-state index contributed by atoms with van der Waals surface area (Å²) in [6.07, 6.45) is 1.04. The van der Waals surface area contributed by atoms with Gasteiger partial charge in [-0.15, -0.1) is 0 Å².